The Balaban J connectivity index is 2.35. The molecule has 0 heterocycles. The average molecular weight is 239 g/mol. The van der Waals surface area contributed by atoms with E-state index in [0.29, 0.717) is 0 Å². The van der Waals surface area contributed by atoms with Crippen LogP contribution in [0.15, 0.2) is 48.5 Å². The molecule has 0 aromatic heterocycles. The monoisotopic (exact) mass is 239 g/mol. The van der Waals surface area contributed by atoms with Crippen molar-refractivity contribution in [3.05, 3.63) is 59.7 Å². The molecule has 92 valence electrons. The third kappa shape index (κ3) is 2.59. The summed E-state index contributed by atoms with van der Waals surface area (Å²) < 4.78 is 4.95. The summed E-state index contributed by atoms with van der Waals surface area (Å²) in [6.45, 7) is 2.15. The Morgan fingerprint density at radius 1 is 1.06 bits per heavy atom. The molecule has 2 nitrogen and oxygen atoms in total. The van der Waals surface area contributed by atoms with E-state index in [1.165, 1.54) is 12.7 Å². The van der Waals surface area contributed by atoms with Crippen LogP contribution in [-0.2, 0) is 11.2 Å². The summed E-state index contributed by atoms with van der Waals surface area (Å²) in [5.74, 6) is 0.196. The van der Waals surface area contributed by atoms with Gasteiger partial charge in [-0.15, -0.1) is 0 Å². The van der Waals surface area contributed by atoms with Crippen LogP contribution >= 0.6 is 0 Å². The zero-order valence-electron chi connectivity index (χ0n) is 10.7. The van der Waals surface area contributed by atoms with Crippen molar-refractivity contribution in [3.8, 4) is 11.1 Å². The van der Waals surface area contributed by atoms with Crippen LogP contribution in [-0.4, -0.2) is 13.0 Å². The summed E-state index contributed by atoms with van der Waals surface area (Å²) in [5.41, 5.74) is 4.41. The van der Waals surface area contributed by atoms with Crippen molar-refractivity contribution < 1.29 is 4.74 Å². The second-order valence-corrected chi connectivity index (χ2v) is 4.16. The summed E-state index contributed by atoms with van der Waals surface area (Å²) in [4.78, 5) is 0. The van der Waals surface area contributed by atoms with Crippen molar-refractivity contribution >= 4 is 5.90 Å². The van der Waals surface area contributed by atoms with Crippen molar-refractivity contribution in [2.45, 2.75) is 13.3 Å². The smallest absolute Gasteiger partial charge is 0.212 e. The lowest BCUT2D eigenvalue weighted by atomic mass is 10.0. The van der Waals surface area contributed by atoms with Gasteiger partial charge in [-0.25, -0.2) is 0 Å². The van der Waals surface area contributed by atoms with Crippen LogP contribution in [0, 0.1) is 5.41 Å². The van der Waals surface area contributed by atoms with Gasteiger partial charge in [0, 0.05) is 5.56 Å². The quantitative estimate of drug-likeness (QED) is 0.639. The summed E-state index contributed by atoms with van der Waals surface area (Å²) >= 11 is 0. The number of ether oxygens (including phenoxy) is 1. The van der Waals surface area contributed by atoms with Gasteiger partial charge in [-0.1, -0.05) is 43.3 Å². The van der Waals surface area contributed by atoms with E-state index in [0.717, 1.165) is 23.1 Å². The highest BCUT2D eigenvalue weighted by molar-refractivity contribution is 5.92. The zero-order valence-corrected chi connectivity index (χ0v) is 10.7. The summed E-state index contributed by atoms with van der Waals surface area (Å²) in [7, 11) is 1.52. The highest BCUT2D eigenvalue weighted by atomic mass is 16.5. The summed E-state index contributed by atoms with van der Waals surface area (Å²) in [5, 5.41) is 7.68. The Hall–Kier alpha value is -2.09. The standard InChI is InChI=1S/C16H17NO/c1-3-12-7-9-13(10-8-12)14-5-4-6-15(11-14)16(17)18-2/h4-11,17H,3H2,1-2H3. The van der Waals surface area contributed by atoms with E-state index in [1.807, 2.05) is 24.3 Å². The second kappa shape index (κ2) is 5.50. The summed E-state index contributed by atoms with van der Waals surface area (Å²) in [6, 6.07) is 16.4. The fourth-order valence-electron chi connectivity index (χ4n) is 1.89. The van der Waals surface area contributed by atoms with E-state index >= 15 is 0 Å². The number of methoxy groups -OCH3 is 1. The third-order valence-electron chi connectivity index (χ3n) is 3.02. The van der Waals surface area contributed by atoms with Crippen LogP contribution < -0.4 is 0 Å². The number of nitrogens with one attached hydrogen (secondary N) is 1. The normalized spacial score (nSPS) is 10.1. The van der Waals surface area contributed by atoms with Gasteiger partial charge >= 0.3 is 0 Å². The van der Waals surface area contributed by atoms with E-state index in [1.54, 1.807) is 0 Å². The molecule has 2 aromatic rings. The first-order chi connectivity index (χ1) is 8.74. The van der Waals surface area contributed by atoms with Crippen LogP contribution in [0.5, 0.6) is 0 Å². The van der Waals surface area contributed by atoms with Gasteiger partial charge in [0.05, 0.1) is 7.11 Å². The maximum atomic E-state index is 7.68. The highest BCUT2D eigenvalue weighted by Crippen LogP contribution is 2.21. The fraction of sp³-hybridized carbons (Fsp3) is 0.188. The molecule has 0 saturated heterocycles. The van der Waals surface area contributed by atoms with E-state index in [2.05, 4.69) is 31.2 Å². The lowest BCUT2D eigenvalue weighted by Gasteiger charge is -2.06. The van der Waals surface area contributed by atoms with Crippen LogP contribution in [0.3, 0.4) is 0 Å². The van der Waals surface area contributed by atoms with E-state index in [9.17, 15) is 0 Å². The molecule has 0 saturated carbocycles. The minimum absolute atomic E-state index is 0.196. The van der Waals surface area contributed by atoms with Gasteiger partial charge in [0.25, 0.3) is 0 Å². The number of aryl methyl sites for hydroxylation is 1. The molecule has 2 heteroatoms. The maximum absolute atomic E-state index is 7.68. The molecule has 0 aliphatic rings. The van der Waals surface area contributed by atoms with Gasteiger partial charge in [0.15, 0.2) is 0 Å². The van der Waals surface area contributed by atoms with Crippen molar-refractivity contribution in [1.29, 1.82) is 5.41 Å². The van der Waals surface area contributed by atoms with Gasteiger partial charge in [-0.2, -0.15) is 0 Å². The molecule has 0 unspecified atom stereocenters. The molecule has 2 aromatic carbocycles. The van der Waals surface area contributed by atoms with E-state index < -0.39 is 0 Å². The van der Waals surface area contributed by atoms with Gasteiger partial charge < -0.3 is 4.74 Å². The maximum Gasteiger partial charge on any atom is 0.212 e. The second-order valence-electron chi connectivity index (χ2n) is 4.16. The molecule has 0 atom stereocenters. The van der Waals surface area contributed by atoms with Gasteiger partial charge in [0.1, 0.15) is 0 Å². The minimum atomic E-state index is 0.196. The SMILES string of the molecule is CCc1ccc(-c2cccc(C(=N)OC)c2)cc1. The van der Waals surface area contributed by atoms with Crippen molar-refractivity contribution in [2.75, 3.05) is 7.11 Å². The lowest BCUT2D eigenvalue weighted by Crippen LogP contribution is -2.00. The van der Waals surface area contributed by atoms with Gasteiger partial charge in [0.2, 0.25) is 5.90 Å². The zero-order chi connectivity index (χ0) is 13.0. The molecule has 0 spiro atoms. The van der Waals surface area contributed by atoms with Gasteiger partial charge in [-0.3, -0.25) is 5.41 Å². The molecule has 2 rings (SSSR count). The Kier molecular flexibility index (Phi) is 3.78. The average Bonchev–Trinajstić information content (AvgIpc) is 2.46. The predicted octanol–water partition coefficient (Wildman–Crippen LogP) is 3.89. The highest BCUT2D eigenvalue weighted by Gasteiger charge is 2.03. The first-order valence-corrected chi connectivity index (χ1v) is 6.07. The fourth-order valence-corrected chi connectivity index (χ4v) is 1.89. The molecule has 1 N–H and O–H groups in total. The van der Waals surface area contributed by atoms with Gasteiger partial charge in [-0.05, 0) is 35.2 Å². The minimum Gasteiger partial charge on any atom is -0.481 e. The molecular weight excluding hydrogens is 222 g/mol. The Morgan fingerprint density at radius 2 is 1.78 bits per heavy atom. The number of hydrogen-bond acceptors (Lipinski definition) is 2. The van der Waals surface area contributed by atoms with Crippen LogP contribution in [0.1, 0.15) is 18.1 Å². The molecule has 0 aliphatic heterocycles. The van der Waals surface area contributed by atoms with E-state index in [4.69, 9.17) is 10.1 Å². The van der Waals surface area contributed by atoms with Crippen LogP contribution in [0.2, 0.25) is 0 Å². The third-order valence-corrected chi connectivity index (χ3v) is 3.02. The Bertz CT molecular complexity index is 543. The van der Waals surface area contributed by atoms with Crippen molar-refractivity contribution in [1.82, 2.24) is 0 Å². The molecular formula is C16H17NO. The predicted molar refractivity (Wildman–Crippen MR) is 75.1 cm³/mol. The number of hydrogen-bond donors (Lipinski definition) is 1. The van der Waals surface area contributed by atoms with Crippen LogP contribution in [0.25, 0.3) is 11.1 Å². The first kappa shape index (κ1) is 12.4. The number of rotatable bonds is 3. The summed E-state index contributed by atoms with van der Waals surface area (Å²) in [6.07, 6.45) is 1.05. The molecule has 0 radical (unpaired) electrons. The molecule has 0 bridgehead atoms. The van der Waals surface area contributed by atoms with E-state index in [-0.39, 0.29) is 5.90 Å². The molecule has 18 heavy (non-hydrogen) atoms. The topological polar surface area (TPSA) is 33.1 Å². The number of benzene rings is 2. The van der Waals surface area contributed by atoms with Crippen LogP contribution in [0.4, 0.5) is 0 Å². The van der Waals surface area contributed by atoms with Crippen molar-refractivity contribution in [2.24, 2.45) is 0 Å². The van der Waals surface area contributed by atoms with Crippen molar-refractivity contribution in [3.63, 3.8) is 0 Å². The lowest BCUT2D eigenvalue weighted by molar-refractivity contribution is 0.401. The molecule has 0 amide bonds. The largest absolute Gasteiger partial charge is 0.481 e. The Morgan fingerprint density at radius 3 is 2.39 bits per heavy atom. The first-order valence-electron chi connectivity index (χ1n) is 6.07. The molecule has 0 fully saturated rings. The Labute approximate surface area is 108 Å². The molecule has 0 aliphatic carbocycles.